The molecule has 0 bridgehead atoms. The Hall–Kier alpha value is -2.93. The zero-order valence-corrected chi connectivity index (χ0v) is 14.6. The standard InChI is InChI=1S/C19H21N5O2/c1-12-2-4-13(5-3-12)19-22-14(11-26-19)6-9-21-18(25)17-15-10-20-8-7-16(15)23-24-17/h2-5,11,20H,6-10H2,1H3,(H,21,25)(H,23,24). The molecule has 3 aromatic rings. The maximum atomic E-state index is 12.4. The second kappa shape index (κ2) is 7.13. The minimum absolute atomic E-state index is 0.159. The van der Waals surface area contributed by atoms with Crippen molar-refractivity contribution < 1.29 is 9.21 Å². The highest BCUT2D eigenvalue weighted by molar-refractivity contribution is 5.94. The average Bonchev–Trinajstić information content (AvgIpc) is 3.29. The molecular weight excluding hydrogens is 330 g/mol. The Morgan fingerprint density at radius 2 is 2.15 bits per heavy atom. The van der Waals surface area contributed by atoms with Gasteiger partial charge in [0, 0.05) is 49.3 Å². The van der Waals surface area contributed by atoms with Crippen LogP contribution in [-0.2, 0) is 19.4 Å². The number of hydrogen-bond donors (Lipinski definition) is 3. The minimum atomic E-state index is -0.159. The van der Waals surface area contributed by atoms with Crippen LogP contribution in [0.3, 0.4) is 0 Å². The third-order valence-corrected chi connectivity index (χ3v) is 4.54. The number of oxazole rings is 1. The number of aryl methyl sites for hydroxylation is 1. The Kier molecular flexibility index (Phi) is 4.53. The van der Waals surface area contributed by atoms with Crippen molar-refractivity contribution in [2.75, 3.05) is 13.1 Å². The van der Waals surface area contributed by atoms with Gasteiger partial charge in [0.15, 0.2) is 5.69 Å². The summed E-state index contributed by atoms with van der Waals surface area (Å²) in [5.74, 6) is 0.437. The molecule has 7 nitrogen and oxygen atoms in total. The van der Waals surface area contributed by atoms with Crippen molar-refractivity contribution in [3.8, 4) is 11.5 Å². The highest BCUT2D eigenvalue weighted by Gasteiger charge is 2.21. The number of aromatic nitrogens is 3. The summed E-state index contributed by atoms with van der Waals surface area (Å²) in [4.78, 5) is 16.9. The molecule has 0 spiro atoms. The largest absolute Gasteiger partial charge is 0.444 e. The second-order valence-electron chi connectivity index (χ2n) is 6.47. The first-order valence-corrected chi connectivity index (χ1v) is 8.77. The van der Waals surface area contributed by atoms with Gasteiger partial charge in [-0.1, -0.05) is 17.7 Å². The fraction of sp³-hybridized carbons (Fsp3) is 0.316. The van der Waals surface area contributed by atoms with Crippen molar-refractivity contribution in [1.29, 1.82) is 0 Å². The number of aromatic amines is 1. The van der Waals surface area contributed by atoms with E-state index in [0.717, 1.165) is 35.5 Å². The first-order valence-electron chi connectivity index (χ1n) is 8.77. The van der Waals surface area contributed by atoms with Crippen molar-refractivity contribution in [3.05, 3.63) is 58.7 Å². The van der Waals surface area contributed by atoms with E-state index in [0.29, 0.717) is 31.1 Å². The number of carbonyl (C=O) groups is 1. The second-order valence-corrected chi connectivity index (χ2v) is 6.47. The first-order chi connectivity index (χ1) is 12.7. The van der Waals surface area contributed by atoms with Crippen LogP contribution in [0.25, 0.3) is 11.5 Å². The molecule has 1 aliphatic rings. The molecule has 0 unspecified atom stereocenters. The van der Waals surface area contributed by atoms with Crippen LogP contribution in [0.2, 0.25) is 0 Å². The Balaban J connectivity index is 1.34. The van der Waals surface area contributed by atoms with E-state index in [-0.39, 0.29) is 5.91 Å². The van der Waals surface area contributed by atoms with E-state index in [4.69, 9.17) is 4.42 Å². The van der Waals surface area contributed by atoms with E-state index < -0.39 is 0 Å². The summed E-state index contributed by atoms with van der Waals surface area (Å²) >= 11 is 0. The number of fused-ring (bicyclic) bond motifs is 1. The molecular formula is C19H21N5O2. The van der Waals surface area contributed by atoms with Crippen molar-refractivity contribution in [2.45, 2.75) is 26.3 Å². The van der Waals surface area contributed by atoms with Gasteiger partial charge in [0.05, 0.1) is 5.69 Å². The molecule has 0 radical (unpaired) electrons. The molecule has 0 saturated carbocycles. The predicted molar refractivity (Wildman–Crippen MR) is 96.7 cm³/mol. The maximum absolute atomic E-state index is 12.4. The Labute approximate surface area is 151 Å². The molecule has 1 aromatic carbocycles. The van der Waals surface area contributed by atoms with Gasteiger partial charge in [0.25, 0.3) is 5.91 Å². The minimum Gasteiger partial charge on any atom is -0.444 e. The van der Waals surface area contributed by atoms with Gasteiger partial charge in [-0.15, -0.1) is 0 Å². The molecule has 134 valence electrons. The number of carbonyl (C=O) groups excluding carboxylic acids is 1. The van der Waals surface area contributed by atoms with Gasteiger partial charge in [-0.25, -0.2) is 4.98 Å². The normalized spacial score (nSPS) is 13.4. The molecule has 0 aliphatic carbocycles. The summed E-state index contributed by atoms with van der Waals surface area (Å²) < 4.78 is 5.55. The summed E-state index contributed by atoms with van der Waals surface area (Å²) in [5, 5.41) is 13.3. The van der Waals surface area contributed by atoms with Crippen molar-refractivity contribution in [1.82, 2.24) is 25.8 Å². The predicted octanol–water partition coefficient (Wildman–Crippen LogP) is 1.99. The van der Waals surface area contributed by atoms with Gasteiger partial charge in [-0.05, 0) is 19.1 Å². The number of rotatable bonds is 5. The quantitative estimate of drug-likeness (QED) is 0.653. The fourth-order valence-corrected chi connectivity index (χ4v) is 3.05. The third-order valence-electron chi connectivity index (χ3n) is 4.54. The highest BCUT2D eigenvalue weighted by Crippen LogP contribution is 2.19. The van der Waals surface area contributed by atoms with Crippen LogP contribution in [0.4, 0.5) is 0 Å². The molecule has 1 aliphatic heterocycles. The topological polar surface area (TPSA) is 95.8 Å². The van der Waals surface area contributed by atoms with Gasteiger partial charge in [-0.2, -0.15) is 5.10 Å². The van der Waals surface area contributed by atoms with E-state index in [2.05, 4.69) is 25.8 Å². The van der Waals surface area contributed by atoms with Gasteiger partial charge >= 0.3 is 0 Å². The smallest absolute Gasteiger partial charge is 0.272 e. The van der Waals surface area contributed by atoms with Crippen LogP contribution in [-0.4, -0.2) is 34.2 Å². The lowest BCUT2D eigenvalue weighted by molar-refractivity contribution is 0.0948. The van der Waals surface area contributed by atoms with E-state index >= 15 is 0 Å². The van der Waals surface area contributed by atoms with Crippen LogP contribution >= 0.6 is 0 Å². The van der Waals surface area contributed by atoms with E-state index in [9.17, 15) is 4.79 Å². The van der Waals surface area contributed by atoms with E-state index in [1.165, 1.54) is 5.56 Å². The van der Waals surface area contributed by atoms with Crippen molar-refractivity contribution in [3.63, 3.8) is 0 Å². The fourth-order valence-electron chi connectivity index (χ4n) is 3.05. The number of nitrogens with one attached hydrogen (secondary N) is 3. The van der Waals surface area contributed by atoms with E-state index in [1.807, 2.05) is 31.2 Å². The summed E-state index contributed by atoms with van der Waals surface area (Å²) in [6.45, 7) is 4.11. The van der Waals surface area contributed by atoms with Gasteiger partial charge < -0.3 is 15.1 Å². The lowest BCUT2D eigenvalue weighted by Gasteiger charge is -2.12. The number of amides is 1. The van der Waals surface area contributed by atoms with Crippen LogP contribution in [0.1, 0.15) is 33.0 Å². The zero-order valence-electron chi connectivity index (χ0n) is 14.6. The SMILES string of the molecule is Cc1ccc(-c2nc(CCNC(=O)c3n[nH]c4c3CNCC4)co2)cc1. The first kappa shape index (κ1) is 16.5. The number of benzene rings is 1. The summed E-state index contributed by atoms with van der Waals surface area (Å²) in [5.41, 5.74) is 5.45. The molecule has 2 aromatic heterocycles. The molecule has 7 heteroatoms. The lowest BCUT2D eigenvalue weighted by Crippen LogP contribution is -2.29. The Bertz CT molecular complexity index is 910. The average molecular weight is 351 g/mol. The third kappa shape index (κ3) is 3.39. The number of nitrogens with zero attached hydrogens (tertiary/aromatic N) is 2. The molecule has 0 atom stereocenters. The monoisotopic (exact) mass is 351 g/mol. The maximum Gasteiger partial charge on any atom is 0.272 e. The number of hydrogen-bond acceptors (Lipinski definition) is 5. The van der Waals surface area contributed by atoms with Crippen LogP contribution in [0, 0.1) is 6.92 Å². The van der Waals surface area contributed by atoms with E-state index in [1.54, 1.807) is 6.26 Å². The van der Waals surface area contributed by atoms with Crippen molar-refractivity contribution >= 4 is 5.91 Å². The van der Waals surface area contributed by atoms with Gasteiger partial charge in [-0.3, -0.25) is 9.89 Å². The van der Waals surface area contributed by atoms with Crippen LogP contribution < -0.4 is 10.6 Å². The summed E-state index contributed by atoms with van der Waals surface area (Å²) in [7, 11) is 0. The molecule has 3 N–H and O–H groups in total. The Morgan fingerprint density at radius 3 is 3.00 bits per heavy atom. The molecule has 3 heterocycles. The highest BCUT2D eigenvalue weighted by atomic mass is 16.3. The zero-order chi connectivity index (χ0) is 17.9. The summed E-state index contributed by atoms with van der Waals surface area (Å²) in [6, 6.07) is 8.03. The van der Waals surface area contributed by atoms with Crippen LogP contribution in [0.15, 0.2) is 34.9 Å². The lowest BCUT2D eigenvalue weighted by atomic mass is 10.1. The van der Waals surface area contributed by atoms with Crippen LogP contribution in [0.5, 0.6) is 0 Å². The molecule has 26 heavy (non-hydrogen) atoms. The Morgan fingerprint density at radius 1 is 1.31 bits per heavy atom. The van der Waals surface area contributed by atoms with Crippen molar-refractivity contribution in [2.24, 2.45) is 0 Å². The molecule has 4 rings (SSSR count). The van der Waals surface area contributed by atoms with Gasteiger partial charge in [0.2, 0.25) is 5.89 Å². The molecule has 0 saturated heterocycles. The molecule has 0 fully saturated rings. The summed E-state index contributed by atoms with van der Waals surface area (Å²) in [6.07, 6.45) is 3.12. The van der Waals surface area contributed by atoms with Gasteiger partial charge in [0.1, 0.15) is 6.26 Å². The number of H-pyrrole nitrogens is 1. The molecule has 1 amide bonds.